The molecule has 1 heterocycles. The molecule has 3 aromatic rings. The Balaban J connectivity index is 0.00000240. The molecule has 0 bridgehead atoms. The number of amides is 1. The van der Waals surface area contributed by atoms with Crippen LogP contribution < -0.4 is 44.3 Å². The number of aliphatic carboxylic acids is 1. The Morgan fingerprint density at radius 1 is 0.931 bits per heavy atom. The summed E-state index contributed by atoms with van der Waals surface area (Å²) >= 11 is 0. The summed E-state index contributed by atoms with van der Waals surface area (Å²) in [5.74, 6) is -1.79. The monoisotopic (exact) mass is 395 g/mol. The first-order chi connectivity index (χ1) is 13.6. The van der Waals surface area contributed by atoms with Crippen molar-refractivity contribution in [2.75, 3.05) is 12.0 Å². The minimum Gasteiger partial charge on any atom is -0.549 e. The van der Waals surface area contributed by atoms with Crippen molar-refractivity contribution in [2.45, 2.75) is 12.0 Å². The van der Waals surface area contributed by atoms with Gasteiger partial charge in [-0.05, 0) is 41.5 Å². The molecule has 6 heteroatoms. The van der Waals surface area contributed by atoms with Crippen LogP contribution in [0.4, 0.5) is 5.69 Å². The molecule has 1 aliphatic rings. The second kappa shape index (κ2) is 8.82. The van der Waals surface area contributed by atoms with E-state index >= 15 is 0 Å². The molecule has 1 amide bonds. The third kappa shape index (κ3) is 3.81. The van der Waals surface area contributed by atoms with Crippen molar-refractivity contribution in [3.8, 4) is 5.75 Å². The van der Waals surface area contributed by atoms with Crippen molar-refractivity contribution in [1.29, 1.82) is 0 Å². The fourth-order valence-corrected chi connectivity index (χ4v) is 3.81. The molecule has 140 valence electrons. The standard InChI is InChI=1S/C23H19NO4.Na/c1-28-17-13-11-16(12-14-17)24-21(15-7-3-2-4-8-15)20(23(26)27)18-9-5-6-10-19(18)22(24)25;/h2-14,20-21H,1H3,(H,26,27);/q;+1/p-1/t20-,21-;/m1./s1. The zero-order chi connectivity index (χ0) is 19.7. The van der Waals surface area contributed by atoms with Crippen LogP contribution >= 0.6 is 0 Å². The van der Waals surface area contributed by atoms with Gasteiger partial charge in [-0.25, -0.2) is 0 Å². The molecule has 0 spiro atoms. The van der Waals surface area contributed by atoms with Crippen molar-refractivity contribution < 1.29 is 49.0 Å². The largest absolute Gasteiger partial charge is 1.00 e. The zero-order valence-electron chi connectivity index (χ0n) is 16.2. The number of ether oxygens (including phenoxy) is 1. The number of carboxylic acid groups (broad SMARTS) is 1. The van der Waals surface area contributed by atoms with Crippen molar-refractivity contribution in [2.24, 2.45) is 0 Å². The number of fused-ring (bicyclic) bond motifs is 1. The fraction of sp³-hybridized carbons (Fsp3) is 0.130. The molecular formula is C23H18NNaO4. The molecule has 29 heavy (non-hydrogen) atoms. The molecule has 0 aromatic heterocycles. The van der Waals surface area contributed by atoms with E-state index in [4.69, 9.17) is 4.74 Å². The molecule has 0 aliphatic carbocycles. The van der Waals surface area contributed by atoms with E-state index in [1.807, 2.05) is 30.3 Å². The summed E-state index contributed by atoms with van der Waals surface area (Å²) < 4.78 is 5.20. The summed E-state index contributed by atoms with van der Waals surface area (Å²) in [6.07, 6.45) is 0. The third-order valence-electron chi connectivity index (χ3n) is 5.08. The Morgan fingerprint density at radius 2 is 1.55 bits per heavy atom. The molecule has 0 saturated heterocycles. The van der Waals surface area contributed by atoms with E-state index in [2.05, 4.69) is 0 Å². The maximum absolute atomic E-state index is 13.4. The molecule has 4 rings (SSSR count). The number of hydrogen-bond acceptors (Lipinski definition) is 4. The van der Waals surface area contributed by atoms with E-state index < -0.39 is 17.9 Å². The summed E-state index contributed by atoms with van der Waals surface area (Å²) in [5.41, 5.74) is 2.18. The number of anilines is 1. The molecule has 5 nitrogen and oxygen atoms in total. The SMILES string of the molecule is COc1ccc(N2C(=O)c3ccccc3[C@@H](C(=O)[O-])[C@H]2c2ccccc2)cc1.[Na+]. The predicted molar refractivity (Wildman–Crippen MR) is 103 cm³/mol. The quantitative estimate of drug-likeness (QED) is 0.581. The van der Waals surface area contributed by atoms with Gasteiger partial charge < -0.3 is 14.6 Å². The smallest absolute Gasteiger partial charge is 0.549 e. The first-order valence-corrected chi connectivity index (χ1v) is 8.94. The summed E-state index contributed by atoms with van der Waals surface area (Å²) in [6, 6.07) is 22.3. The van der Waals surface area contributed by atoms with E-state index in [1.165, 1.54) is 4.90 Å². The van der Waals surface area contributed by atoms with Gasteiger partial charge in [-0.15, -0.1) is 0 Å². The molecule has 1 aliphatic heterocycles. The second-order valence-electron chi connectivity index (χ2n) is 6.61. The van der Waals surface area contributed by atoms with Crippen LogP contribution in [0.2, 0.25) is 0 Å². The van der Waals surface area contributed by atoms with Crippen LogP contribution in [0.3, 0.4) is 0 Å². The first kappa shape index (κ1) is 21.1. The molecule has 0 fully saturated rings. The number of methoxy groups -OCH3 is 1. The average molecular weight is 395 g/mol. The van der Waals surface area contributed by atoms with Crippen LogP contribution in [-0.4, -0.2) is 19.0 Å². The van der Waals surface area contributed by atoms with Gasteiger partial charge in [0.25, 0.3) is 5.91 Å². The van der Waals surface area contributed by atoms with Gasteiger partial charge in [0.2, 0.25) is 0 Å². The third-order valence-corrected chi connectivity index (χ3v) is 5.08. The number of nitrogens with zero attached hydrogens (tertiary/aromatic N) is 1. The Morgan fingerprint density at radius 3 is 2.17 bits per heavy atom. The Kier molecular flexibility index (Phi) is 6.42. The van der Waals surface area contributed by atoms with E-state index in [0.29, 0.717) is 22.6 Å². The minimum absolute atomic E-state index is 0. The van der Waals surface area contributed by atoms with E-state index in [0.717, 1.165) is 5.56 Å². The molecule has 3 aromatic carbocycles. The summed E-state index contributed by atoms with van der Waals surface area (Å²) in [4.78, 5) is 27.2. The van der Waals surface area contributed by atoms with Crippen LogP contribution in [-0.2, 0) is 4.79 Å². The van der Waals surface area contributed by atoms with Crippen molar-refractivity contribution in [3.05, 3.63) is 95.6 Å². The van der Waals surface area contributed by atoms with Gasteiger partial charge >= 0.3 is 29.6 Å². The number of rotatable bonds is 4. The molecule has 0 unspecified atom stereocenters. The van der Waals surface area contributed by atoms with Gasteiger partial charge in [-0.3, -0.25) is 9.69 Å². The van der Waals surface area contributed by atoms with Gasteiger partial charge in [0.15, 0.2) is 0 Å². The number of carboxylic acids is 1. The maximum Gasteiger partial charge on any atom is 1.00 e. The van der Waals surface area contributed by atoms with Gasteiger partial charge in [-0.1, -0.05) is 48.5 Å². The average Bonchev–Trinajstić information content (AvgIpc) is 2.74. The van der Waals surface area contributed by atoms with Gasteiger partial charge in [0.1, 0.15) is 5.75 Å². The topological polar surface area (TPSA) is 69.7 Å². The van der Waals surface area contributed by atoms with Crippen LogP contribution in [0.1, 0.15) is 33.4 Å². The maximum atomic E-state index is 13.4. The molecular weight excluding hydrogens is 377 g/mol. The van der Waals surface area contributed by atoms with Crippen molar-refractivity contribution >= 4 is 17.6 Å². The number of carbonyl (C=O) groups is 2. The molecule has 0 N–H and O–H groups in total. The van der Waals surface area contributed by atoms with Crippen molar-refractivity contribution in [1.82, 2.24) is 0 Å². The normalized spacial score (nSPS) is 17.8. The number of benzene rings is 3. The van der Waals surface area contributed by atoms with Crippen molar-refractivity contribution in [3.63, 3.8) is 0 Å². The number of carbonyl (C=O) groups excluding carboxylic acids is 2. The second-order valence-corrected chi connectivity index (χ2v) is 6.61. The zero-order valence-corrected chi connectivity index (χ0v) is 18.2. The molecule has 0 saturated carbocycles. The van der Waals surface area contributed by atoms with E-state index in [-0.39, 0.29) is 35.5 Å². The molecule has 2 atom stereocenters. The number of hydrogen-bond donors (Lipinski definition) is 0. The Hall–Kier alpha value is -2.60. The fourth-order valence-electron chi connectivity index (χ4n) is 3.81. The van der Waals surface area contributed by atoms with Gasteiger partial charge in [0.05, 0.1) is 19.1 Å². The summed E-state index contributed by atoms with van der Waals surface area (Å²) in [7, 11) is 1.57. The minimum atomic E-state index is -1.22. The van der Waals surface area contributed by atoms with E-state index in [1.54, 1.807) is 55.6 Å². The Bertz CT molecular complexity index is 1020. The summed E-state index contributed by atoms with van der Waals surface area (Å²) in [6.45, 7) is 0. The van der Waals surface area contributed by atoms with Gasteiger partial charge in [-0.2, -0.15) is 0 Å². The van der Waals surface area contributed by atoms with Crippen LogP contribution in [0.25, 0.3) is 0 Å². The van der Waals surface area contributed by atoms with Crippen LogP contribution in [0.5, 0.6) is 5.75 Å². The first-order valence-electron chi connectivity index (χ1n) is 8.94. The Labute approximate surface area is 191 Å². The predicted octanol–water partition coefficient (Wildman–Crippen LogP) is -0.0656. The van der Waals surface area contributed by atoms with Crippen LogP contribution in [0.15, 0.2) is 78.9 Å². The van der Waals surface area contributed by atoms with E-state index in [9.17, 15) is 14.7 Å². The molecule has 0 radical (unpaired) electrons. The van der Waals surface area contributed by atoms with Gasteiger partial charge in [0, 0.05) is 17.2 Å². The van der Waals surface area contributed by atoms with Crippen LogP contribution in [0, 0.1) is 0 Å². The summed E-state index contributed by atoms with van der Waals surface area (Å²) in [5, 5.41) is 12.2.